The fraction of sp³-hybridized carbons (Fsp3) is 0.381. The van der Waals surface area contributed by atoms with Crippen molar-refractivity contribution < 1.29 is 19.0 Å². The van der Waals surface area contributed by atoms with Gasteiger partial charge in [-0.15, -0.1) is 0 Å². The number of nitrogens with one attached hydrogen (secondary N) is 1. The van der Waals surface area contributed by atoms with Crippen LogP contribution in [0, 0.1) is 5.92 Å². The number of ether oxygens (including phenoxy) is 3. The number of rotatable bonds is 6. The van der Waals surface area contributed by atoms with Gasteiger partial charge in [0, 0.05) is 25.1 Å². The Morgan fingerprint density at radius 3 is 2.74 bits per heavy atom. The Balaban J connectivity index is 1.54. The first kappa shape index (κ1) is 18.9. The number of piperidine rings is 1. The lowest BCUT2D eigenvalue weighted by Gasteiger charge is -2.32. The summed E-state index contributed by atoms with van der Waals surface area (Å²) in [6.45, 7) is 1.99. The van der Waals surface area contributed by atoms with Gasteiger partial charge in [-0.25, -0.2) is 4.79 Å². The Hall–Kier alpha value is -2.89. The standard InChI is InChI=1S/C21H26N2O4/c1-25-17-8-5-9-18(13-17)27-15-16-7-6-12-23(14-16)21(24)22-19-10-3-4-11-20(19)26-2/h3-5,8-11,13,16H,6-7,12,14-15H2,1-2H3,(H,22,24). The van der Waals surface area contributed by atoms with E-state index in [0.29, 0.717) is 30.5 Å². The summed E-state index contributed by atoms with van der Waals surface area (Å²) in [5, 5.41) is 2.95. The van der Waals surface area contributed by atoms with Crippen LogP contribution in [-0.2, 0) is 0 Å². The molecule has 0 saturated carbocycles. The molecule has 1 fully saturated rings. The summed E-state index contributed by atoms with van der Waals surface area (Å²) < 4.78 is 16.4. The summed E-state index contributed by atoms with van der Waals surface area (Å²) in [6.07, 6.45) is 2.01. The number of hydrogen-bond donors (Lipinski definition) is 1. The molecule has 0 bridgehead atoms. The van der Waals surface area contributed by atoms with Crippen LogP contribution in [-0.4, -0.2) is 44.8 Å². The highest BCUT2D eigenvalue weighted by atomic mass is 16.5. The van der Waals surface area contributed by atoms with E-state index < -0.39 is 0 Å². The molecule has 6 heteroatoms. The molecule has 3 rings (SSSR count). The lowest BCUT2D eigenvalue weighted by molar-refractivity contribution is 0.145. The van der Waals surface area contributed by atoms with E-state index in [1.54, 1.807) is 14.2 Å². The zero-order valence-electron chi connectivity index (χ0n) is 15.8. The van der Waals surface area contributed by atoms with Crippen molar-refractivity contribution in [2.24, 2.45) is 5.92 Å². The Labute approximate surface area is 160 Å². The van der Waals surface area contributed by atoms with Crippen LogP contribution < -0.4 is 19.5 Å². The first-order chi connectivity index (χ1) is 13.2. The number of anilines is 1. The highest BCUT2D eigenvalue weighted by Gasteiger charge is 2.24. The number of benzene rings is 2. The second-order valence-electron chi connectivity index (χ2n) is 6.57. The van der Waals surface area contributed by atoms with Crippen molar-refractivity contribution in [3.05, 3.63) is 48.5 Å². The van der Waals surface area contributed by atoms with Gasteiger partial charge < -0.3 is 24.4 Å². The van der Waals surface area contributed by atoms with Crippen molar-refractivity contribution in [1.82, 2.24) is 4.90 Å². The normalized spacial score (nSPS) is 16.5. The van der Waals surface area contributed by atoms with E-state index in [2.05, 4.69) is 5.32 Å². The number of nitrogens with zero attached hydrogens (tertiary/aromatic N) is 1. The Morgan fingerprint density at radius 1 is 1.11 bits per heavy atom. The molecule has 2 aromatic carbocycles. The second-order valence-corrected chi connectivity index (χ2v) is 6.57. The third-order valence-corrected chi connectivity index (χ3v) is 4.68. The Morgan fingerprint density at radius 2 is 1.93 bits per heavy atom. The summed E-state index contributed by atoms with van der Waals surface area (Å²) in [5.41, 5.74) is 0.680. The number of amides is 2. The van der Waals surface area contributed by atoms with Gasteiger partial charge in [0.05, 0.1) is 26.5 Å². The number of likely N-dealkylation sites (tertiary alicyclic amines) is 1. The third kappa shape index (κ3) is 5.06. The predicted octanol–water partition coefficient (Wildman–Crippen LogP) is 4.03. The highest BCUT2D eigenvalue weighted by Crippen LogP contribution is 2.25. The molecule has 27 heavy (non-hydrogen) atoms. The Kier molecular flexibility index (Phi) is 6.41. The number of para-hydroxylation sites is 2. The van der Waals surface area contributed by atoms with Crippen LogP contribution in [0.1, 0.15) is 12.8 Å². The number of methoxy groups -OCH3 is 2. The smallest absolute Gasteiger partial charge is 0.321 e. The average Bonchev–Trinajstić information content (AvgIpc) is 2.73. The number of urea groups is 1. The molecule has 1 aliphatic rings. The van der Waals surface area contributed by atoms with Gasteiger partial charge >= 0.3 is 6.03 Å². The maximum Gasteiger partial charge on any atom is 0.321 e. The molecule has 1 heterocycles. The van der Waals surface area contributed by atoms with Gasteiger partial charge in [0.2, 0.25) is 0 Å². The van der Waals surface area contributed by atoms with Gasteiger partial charge in [0.15, 0.2) is 0 Å². The molecule has 1 atom stereocenters. The fourth-order valence-corrected chi connectivity index (χ4v) is 3.23. The number of carbonyl (C=O) groups excluding carboxylic acids is 1. The number of carbonyl (C=O) groups is 1. The summed E-state index contributed by atoms with van der Waals surface area (Å²) in [4.78, 5) is 14.5. The third-order valence-electron chi connectivity index (χ3n) is 4.68. The lowest BCUT2D eigenvalue weighted by Crippen LogP contribution is -2.43. The first-order valence-electron chi connectivity index (χ1n) is 9.15. The Bertz CT molecular complexity index is 765. The maximum atomic E-state index is 12.6. The first-order valence-corrected chi connectivity index (χ1v) is 9.15. The zero-order chi connectivity index (χ0) is 19.1. The summed E-state index contributed by atoms with van der Waals surface area (Å²) in [5.74, 6) is 2.51. The van der Waals surface area contributed by atoms with Gasteiger partial charge in [0.1, 0.15) is 17.2 Å². The van der Waals surface area contributed by atoms with E-state index in [4.69, 9.17) is 14.2 Å². The summed E-state index contributed by atoms with van der Waals surface area (Å²) in [6, 6.07) is 14.9. The minimum absolute atomic E-state index is 0.106. The molecule has 2 aromatic rings. The van der Waals surface area contributed by atoms with Crippen molar-refractivity contribution in [1.29, 1.82) is 0 Å². The highest BCUT2D eigenvalue weighted by molar-refractivity contribution is 5.91. The van der Waals surface area contributed by atoms with Crippen LogP contribution in [0.2, 0.25) is 0 Å². The topological polar surface area (TPSA) is 60.0 Å². The quantitative estimate of drug-likeness (QED) is 0.834. The van der Waals surface area contributed by atoms with E-state index >= 15 is 0 Å². The average molecular weight is 370 g/mol. The SMILES string of the molecule is COc1cccc(OCC2CCCN(C(=O)Nc3ccccc3OC)C2)c1. The van der Waals surface area contributed by atoms with Crippen LogP contribution in [0.5, 0.6) is 17.2 Å². The van der Waals surface area contributed by atoms with Crippen molar-refractivity contribution >= 4 is 11.7 Å². The predicted molar refractivity (Wildman–Crippen MR) is 105 cm³/mol. The molecule has 0 aliphatic carbocycles. The van der Waals surface area contributed by atoms with E-state index in [-0.39, 0.29) is 6.03 Å². The van der Waals surface area contributed by atoms with E-state index in [1.807, 2.05) is 53.4 Å². The molecule has 1 aliphatic heterocycles. The molecule has 1 N–H and O–H groups in total. The lowest BCUT2D eigenvalue weighted by atomic mass is 9.99. The summed E-state index contributed by atoms with van der Waals surface area (Å²) >= 11 is 0. The van der Waals surface area contributed by atoms with Gasteiger partial charge in [-0.2, -0.15) is 0 Å². The van der Waals surface area contributed by atoms with Crippen LogP contribution in [0.3, 0.4) is 0 Å². The van der Waals surface area contributed by atoms with Gasteiger partial charge in [0.25, 0.3) is 0 Å². The van der Waals surface area contributed by atoms with Crippen LogP contribution in [0.25, 0.3) is 0 Å². The monoisotopic (exact) mass is 370 g/mol. The van der Waals surface area contributed by atoms with Crippen LogP contribution in [0.15, 0.2) is 48.5 Å². The van der Waals surface area contributed by atoms with Crippen molar-refractivity contribution in [3.8, 4) is 17.2 Å². The fourth-order valence-electron chi connectivity index (χ4n) is 3.23. The molecule has 2 amide bonds. The molecule has 0 radical (unpaired) electrons. The van der Waals surface area contributed by atoms with Crippen molar-refractivity contribution in [3.63, 3.8) is 0 Å². The minimum Gasteiger partial charge on any atom is -0.497 e. The molecule has 0 spiro atoms. The molecule has 1 saturated heterocycles. The minimum atomic E-state index is -0.106. The molecular weight excluding hydrogens is 344 g/mol. The molecule has 6 nitrogen and oxygen atoms in total. The van der Waals surface area contributed by atoms with Gasteiger partial charge in [-0.05, 0) is 37.1 Å². The zero-order valence-corrected chi connectivity index (χ0v) is 15.8. The molecule has 144 valence electrons. The van der Waals surface area contributed by atoms with Gasteiger partial charge in [-0.3, -0.25) is 0 Å². The largest absolute Gasteiger partial charge is 0.497 e. The van der Waals surface area contributed by atoms with Crippen LogP contribution >= 0.6 is 0 Å². The number of hydrogen-bond acceptors (Lipinski definition) is 4. The van der Waals surface area contributed by atoms with E-state index in [9.17, 15) is 4.79 Å². The summed E-state index contributed by atoms with van der Waals surface area (Å²) in [7, 11) is 3.23. The second kappa shape index (κ2) is 9.16. The molecule has 0 aromatic heterocycles. The maximum absolute atomic E-state index is 12.6. The van der Waals surface area contributed by atoms with E-state index in [1.165, 1.54) is 0 Å². The van der Waals surface area contributed by atoms with Crippen LogP contribution in [0.4, 0.5) is 10.5 Å². The van der Waals surface area contributed by atoms with Gasteiger partial charge in [-0.1, -0.05) is 18.2 Å². The molecule has 1 unspecified atom stereocenters. The van der Waals surface area contributed by atoms with E-state index in [0.717, 1.165) is 30.9 Å². The molecular formula is C21H26N2O4. The van der Waals surface area contributed by atoms with Crippen molar-refractivity contribution in [2.75, 3.05) is 39.2 Å². The van der Waals surface area contributed by atoms with Crippen molar-refractivity contribution in [2.45, 2.75) is 12.8 Å².